The van der Waals surface area contributed by atoms with Crippen molar-refractivity contribution in [2.45, 2.75) is 27.7 Å². The van der Waals surface area contributed by atoms with E-state index in [9.17, 15) is 0 Å². The summed E-state index contributed by atoms with van der Waals surface area (Å²) < 4.78 is 23.9. The molecular weight excluding hydrogens is 328 g/mol. The molecule has 0 atom stereocenters. The van der Waals surface area contributed by atoms with Crippen LogP contribution in [0.5, 0.6) is 23.0 Å². The molecule has 26 heavy (non-hydrogen) atoms. The summed E-state index contributed by atoms with van der Waals surface area (Å²) in [6.45, 7) is 10.2. The van der Waals surface area contributed by atoms with Crippen LogP contribution in [0.1, 0.15) is 27.7 Å². The first-order valence-electron chi connectivity index (χ1n) is 9.28. The smallest absolute Gasteiger partial charge is 0.169 e. The van der Waals surface area contributed by atoms with Crippen molar-refractivity contribution in [3.63, 3.8) is 0 Å². The van der Waals surface area contributed by atoms with Crippen molar-refractivity contribution in [3.8, 4) is 23.0 Å². The van der Waals surface area contributed by atoms with Crippen LogP contribution in [-0.2, 0) is 0 Å². The summed E-state index contributed by atoms with van der Waals surface area (Å²) >= 11 is 0. The van der Waals surface area contributed by atoms with Gasteiger partial charge in [-0.15, -0.1) is 0 Å². The molecule has 0 aromatic heterocycles. The van der Waals surface area contributed by atoms with Crippen molar-refractivity contribution < 1.29 is 18.9 Å². The predicted molar refractivity (Wildman–Crippen MR) is 106 cm³/mol. The van der Waals surface area contributed by atoms with Gasteiger partial charge in [-0.05, 0) is 39.1 Å². The van der Waals surface area contributed by atoms with Gasteiger partial charge in [0.2, 0.25) is 0 Å². The highest BCUT2D eigenvalue weighted by molar-refractivity contribution is 6.10. The molecule has 3 aromatic rings. The molecule has 0 heterocycles. The third kappa shape index (κ3) is 3.24. The van der Waals surface area contributed by atoms with Crippen LogP contribution in [0.4, 0.5) is 0 Å². The lowest BCUT2D eigenvalue weighted by molar-refractivity contribution is 0.286. The Bertz CT molecular complexity index is 902. The lowest BCUT2D eigenvalue weighted by atomic mass is 10.00. The molecule has 0 unspecified atom stereocenters. The normalized spacial score (nSPS) is 10.9. The van der Waals surface area contributed by atoms with Gasteiger partial charge in [0.1, 0.15) is 11.5 Å². The van der Waals surface area contributed by atoms with Crippen LogP contribution in [0.25, 0.3) is 21.5 Å². The molecular formula is C22H26O4. The molecule has 4 heteroatoms. The maximum Gasteiger partial charge on any atom is 0.169 e. The fourth-order valence-corrected chi connectivity index (χ4v) is 3.25. The van der Waals surface area contributed by atoms with E-state index in [1.165, 1.54) is 0 Å². The van der Waals surface area contributed by atoms with Crippen LogP contribution in [-0.4, -0.2) is 26.4 Å². The Morgan fingerprint density at radius 1 is 0.615 bits per heavy atom. The minimum Gasteiger partial charge on any atom is -0.493 e. The maximum absolute atomic E-state index is 6.08. The highest BCUT2D eigenvalue weighted by atomic mass is 16.5. The van der Waals surface area contributed by atoms with Gasteiger partial charge in [0.05, 0.1) is 31.8 Å². The predicted octanol–water partition coefficient (Wildman–Crippen LogP) is 5.59. The SMILES string of the molecule is CCOc1cc(OCC)c2c(OCC)c3ccccc3cc2c1OCC. The number of ether oxygens (including phenoxy) is 4. The van der Waals surface area contributed by atoms with Gasteiger partial charge in [-0.2, -0.15) is 0 Å². The van der Waals surface area contributed by atoms with Crippen LogP contribution < -0.4 is 18.9 Å². The lowest BCUT2D eigenvalue weighted by Crippen LogP contribution is -2.03. The van der Waals surface area contributed by atoms with E-state index in [1.54, 1.807) is 0 Å². The fraction of sp³-hybridized carbons (Fsp3) is 0.364. The molecule has 0 fully saturated rings. The minimum absolute atomic E-state index is 0.556. The quantitative estimate of drug-likeness (QED) is 0.494. The Kier molecular flexibility index (Phi) is 5.71. The third-order valence-corrected chi connectivity index (χ3v) is 4.16. The molecule has 0 radical (unpaired) electrons. The Morgan fingerprint density at radius 3 is 1.92 bits per heavy atom. The number of benzene rings is 3. The molecule has 0 spiro atoms. The summed E-state index contributed by atoms with van der Waals surface area (Å²) in [6.07, 6.45) is 0. The van der Waals surface area contributed by atoms with Crippen molar-refractivity contribution in [2.24, 2.45) is 0 Å². The van der Waals surface area contributed by atoms with Crippen LogP contribution >= 0.6 is 0 Å². The number of hydrogen-bond acceptors (Lipinski definition) is 4. The molecule has 0 bridgehead atoms. The molecule has 0 aliphatic rings. The second-order valence-corrected chi connectivity index (χ2v) is 5.78. The molecule has 0 saturated heterocycles. The van der Waals surface area contributed by atoms with Gasteiger partial charge in [-0.3, -0.25) is 0 Å². The van der Waals surface area contributed by atoms with E-state index < -0.39 is 0 Å². The summed E-state index contributed by atoms with van der Waals surface area (Å²) in [4.78, 5) is 0. The van der Waals surface area contributed by atoms with Gasteiger partial charge in [0.15, 0.2) is 11.5 Å². The van der Waals surface area contributed by atoms with Crippen LogP contribution in [0, 0.1) is 0 Å². The first-order valence-corrected chi connectivity index (χ1v) is 9.28. The highest BCUT2D eigenvalue weighted by Gasteiger charge is 2.21. The zero-order chi connectivity index (χ0) is 18.5. The Balaban J connectivity index is 2.46. The maximum atomic E-state index is 6.08. The Morgan fingerprint density at radius 2 is 1.23 bits per heavy atom. The molecule has 4 nitrogen and oxygen atoms in total. The molecule has 0 aliphatic heterocycles. The average Bonchev–Trinajstić information content (AvgIpc) is 2.65. The zero-order valence-corrected chi connectivity index (χ0v) is 15.9. The van der Waals surface area contributed by atoms with Crippen molar-refractivity contribution >= 4 is 21.5 Å². The molecule has 3 aromatic carbocycles. The lowest BCUT2D eigenvalue weighted by Gasteiger charge is -2.20. The van der Waals surface area contributed by atoms with Crippen LogP contribution in [0.3, 0.4) is 0 Å². The van der Waals surface area contributed by atoms with E-state index in [0.717, 1.165) is 38.8 Å². The summed E-state index contributed by atoms with van der Waals surface area (Å²) in [6, 6.07) is 12.3. The fourth-order valence-electron chi connectivity index (χ4n) is 3.25. The van der Waals surface area contributed by atoms with E-state index >= 15 is 0 Å². The zero-order valence-electron chi connectivity index (χ0n) is 15.9. The van der Waals surface area contributed by atoms with Crippen LogP contribution in [0.15, 0.2) is 36.4 Å². The van der Waals surface area contributed by atoms with E-state index in [0.29, 0.717) is 32.2 Å². The molecule has 3 rings (SSSR count). The van der Waals surface area contributed by atoms with E-state index in [4.69, 9.17) is 18.9 Å². The van der Waals surface area contributed by atoms with Gasteiger partial charge in [-0.25, -0.2) is 0 Å². The number of hydrogen-bond donors (Lipinski definition) is 0. The summed E-state index contributed by atoms with van der Waals surface area (Å²) in [5, 5.41) is 4.04. The summed E-state index contributed by atoms with van der Waals surface area (Å²) in [5.41, 5.74) is 0. The largest absolute Gasteiger partial charge is 0.493 e. The van der Waals surface area contributed by atoms with E-state index in [-0.39, 0.29) is 0 Å². The molecule has 0 N–H and O–H groups in total. The first kappa shape index (κ1) is 18.2. The molecule has 138 valence electrons. The number of rotatable bonds is 8. The Hall–Kier alpha value is -2.62. The Labute approximate surface area is 154 Å². The third-order valence-electron chi connectivity index (χ3n) is 4.16. The second-order valence-electron chi connectivity index (χ2n) is 5.78. The number of fused-ring (bicyclic) bond motifs is 2. The van der Waals surface area contributed by atoms with E-state index in [2.05, 4.69) is 18.2 Å². The molecule has 0 saturated carbocycles. The van der Waals surface area contributed by atoms with Crippen LogP contribution in [0.2, 0.25) is 0 Å². The van der Waals surface area contributed by atoms with Gasteiger partial charge in [0, 0.05) is 16.8 Å². The second kappa shape index (κ2) is 8.17. The van der Waals surface area contributed by atoms with Crippen molar-refractivity contribution in [1.82, 2.24) is 0 Å². The van der Waals surface area contributed by atoms with Crippen molar-refractivity contribution in [3.05, 3.63) is 36.4 Å². The standard InChI is InChI=1S/C22H26O4/c1-5-23-18-14-19(24-6-2)21(25-7-3)17-13-15-11-9-10-12-16(15)22(20(17)18)26-8-4/h9-14H,5-8H2,1-4H3. The molecule has 0 amide bonds. The van der Waals surface area contributed by atoms with Gasteiger partial charge >= 0.3 is 0 Å². The van der Waals surface area contributed by atoms with E-state index in [1.807, 2.05) is 45.9 Å². The summed E-state index contributed by atoms with van der Waals surface area (Å²) in [5.74, 6) is 3.01. The monoisotopic (exact) mass is 354 g/mol. The summed E-state index contributed by atoms with van der Waals surface area (Å²) in [7, 11) is 0. The minimum atomic E-state index is 0.556. The topological polar surface area (TPSA) is 36.9 Å². The van der Waals surface area contributed by atoms with Gasteiger partial charge in [-0.1, -0.05) is 24.3 Å². The van der Waals surface area contributed by atoms with Crippen molar-refractivity contribution in [1.29, 1.82) is 0 Å². The molecule has 0 aliphatic carbocycles. The van der Waals surface area contributed by atoms with Crippen molar-refractivity contribution in [2.75, 3.05) is 26.4 Å². The highest BCUT2D eigenvalue weighted by Crippen LogP contribution is 2.48. The van der Waals surface area contributed by atoms with Gasteiger partial charge in [0.25, 0.3) is 0 Å². The first-order chi connectivity index (χ1) is 12.7. The van der Waals surface area contributed by atoms with Gasteiger partial charge < -0.3 is 18.9 Å². The average molecular weight is 354 g/mol.